The third-order valence-electron chi connectivity index (χ3n) is 14.6. The van der Waals surface area contributed by atoms with Crippen molar-refractivity contribution in [1.29, 1.82) is 0 Å². The molecule has 0 aromatic heterocycles. The summed E-state index contributed by atoms with van der Waals surface area (Å²) in [6, 6.07) is 82.0. The minimum absolute atomic E-state index is 0.0366. The van der Waals surface area contributed by atoms with Crippen LogP contribution in [0.15, 0.2) is 218 Å². The van der Waals surface area contributed by atoms with Crippen molar-refractivity contribution in [2.75, 3.05) is 9.80 Å². The molecular formula is C62H47BN2. The first-order valence-corrected chi connectivity index (χ1v) is 23.5. The molecule has 0 saturated heterocycles. The Bertz CT molecular complexity index is 3420. The predicted molar refractivity (Wildman–Crippen MR) is 278 cm³/mol. The fourth-order valence-electron chi connectivity index (χ4n) is 11.5. The molecular weight excluding hydrogens is 784 g/mol. The Kier molecular flexibility index (Phi) is 9.08. The van der Waals surface area contributed by atoms with Gasteiger partial charge < -0.3 is 9.80 Å². The van der Waals surface area contributed by atoms with Crippen molar-refractivity contribution < 1.29 is 0 Å². The van der Waals surface area contributed by atoms with Crippen LogP contribution in [0.25, 0.3) is 54.9 Å². The fourth-order valence-corrected chi connectivity index (χ4v) is 11.5. The topological polar surface area (TPSA) is 6.48 Å². The maximum atomic E-state index is 2.59. The number of anilines is 6. The van der Waals surface area contributed by atoms with Crippen LogP contribution in [0.5, 0.6) is 0 Å². The Balaban J connectivity index is 1.04. The van der Waals surface area contributed by atoms with Gasteiger partial charge in [-0.05, 0) is 150 Å². The first-order chi connectivity index (χ1) is 32.2. The summed E-state index contributed by atoms with van der Waals surface area (Å²) in [6.07, 6.45) is 6.36. The zero-order valence-corrected chi connectivity index (χ0v) is 36.4. The van der Waals surface area contributed by atoms with E-state index in [9.17, 15) is 0 Å². The minimum atomic E-state index is 0.0366. The lowest BCUT2D eigenvalue weighted by molar-refractivity contribution is 0.444. The van der Waals surface area contributed by atoms with Crippen LogP contribution < -0.4 is 26.2 Å². The standard InChI is InChI=1S/C62H47BN2/c1-3-14-42(15-4-1)45-28-33-53(34-29-45)65-59-37-32-50(55-23-13-21-47-19-9-10-22-54(47)55)39-57(59)63-56-24-11-12-25-58(56)64(60-40-51(41-61(65)62(60)63)43-16-5-2-6-17-43)52-35-30-46(31-36-52)49-27-26-44-18-7-8-20-48(44)38-49/h1,3-4,7-15,18-41,43H,2,5-6,16-17H2. The third-order valence-corrected chi connectivity index (χ3v) is 14.6. The molecule has 0 amide bonds. The molecule has 3 aliphatic rings. The summed E-state index contributed by atoms with van der Waals surface area (Å²) in [4.78, 5) is 5.17. The second-order valence-corrected chi connectivity index (χ2v) is 18.3. The van der Waals surface area contributed by atoms with Gasteiger partial charge in [0.1, 0.15) is 0 Å². The summed E-state index contributed by atoms with van der Waals surface area (Å²) in [5.41, 5.74) is 20.3. The van der Waals surface area contributed by atoms with E-state index in [1.165, 1.54) is 143 Å². The van der Waals surface area contributed by atoms with E-state index in [0.717, 1.165) is 0 Å². The van der Waals surface area contributed by atoms with Gasteiger partial charge in [-0.25, -0.2) is 0 Å². The third kappa shape index (κ3) is 6.40. The van der Waals surface area contributed by atoms with Gasteiger partial charge in [0.25, 0.3) is 6.71 Å². The Morgan fingerprint density at radius 1 is 0.354 bits per heavy atom. The average Bonchev–Trinajstić information content (AvgIpc) is 3.38. The first kappa shape index (κ1) is 37.9. The second kappa shape index (κ2) is 15.6. The molecule has 0 N–H and O–H groups in total. The largest absolute Gasteiger partial charge is 0.311 e. The number of benzene rings is 10. The Hall–Kier alpha value is -7.62. The molecule has 2 nitrogen and oxygen atoms in total. The van der Waals surface area contributed by atoms with Crippen molar-refractivity contribution in [3.05, 3.63) is 224 Å². The molecule has 13 rings (SSSR count). The SMILES string of the molecule is c1ccc(-c2ccc(N3c4ccc(-c5cccc6ccccc56)cc4B4c5ccccc5N(c5ccc(-c6ccc7ccccc7c6)cc5)c5cc(C6CCCCC6)cc3c54)cc2)cc1. The van der Waals surface area contributed by atoms with E-state index in [4.69, 9.17) is 0 Å². The Morgan fingerprint density at radius 3 is 1.68 bits per heavy atom. The van der Waals surface area contributed by atoms with E-state index in [2.05, 4.69) is 228 Å². The summed E-state index contributed by atoms with van der Waals surface area (Å²) >= 11 is 0. The highest BCUT2D eigenvalue weighted by atomic mass is 15.2. The van der Waals surface area contributed by atoms with Crippen molar-refractivity contribution in [3.63, 3.8) is 0 Å². The number of nitrogens with zero attached hydrogens (tertiary/aromatic N) is 2. The van der Waals surface area contributed by atoms with E-state index in [-0.39, 0.29) is 6.71 Å². The Morgan fingerprint density at radius 2 is 0.923 bits per heavy atom. The monoisotopic (exact) mass is 830 g/mol. The number of rotatable bonds is 6. The highest BCUT2D eigenvalue weighted by Gasteiger charge is 2.44. The quantitative estimate of drug-likeness (QED) is 0.154. The van der Waals surface area contributed by atoms with Crippen molar-refractivity contribution in [1.82, 2.24) is 0 Å². The highest BCUT2D eigenvalue weighted by molar-refractivity contribution is 7.00. The lowest BCUT2D eigenvalue weighted by Gasteiger charge is -2.45. The molecule has 1 saturated carbocycles. The van der Waals surface area contributed by atoms with Crippen LogP contribution in [0, 0.1) is 0 Å². The second-order valence-electron chi connectivity index (χ2n) is 18.3. The molecule has 65 heavy (non-hydrogen) atoms. The number of para-hydroxylation sites is 1. The smallest absolute Gasteiger partial charge is 0.252 e. The van der Waals surface area contributed by atoms with Crippen LogP contribution in [0.2, 0.25) is 0 Å². The molecule has 0 unspecified atom stereocenters. The summed E-state index contributed by atoms with van der Waals surface area (Å²) in [5, 5.41) is 5.07. The molecule has 0 spiro atoms. The van der Waals surface area contributed by atoms with Crippen molar-refractivity contribution in [3.8, 4) is 33.4 Å². The fraction of sp³-hybridized carbons (Fsp3) is 0.0968. The number of hydrogen-bond donors (Lipinski definition) is 0. The van der Waals surface area contributed by atoms with Gasteiger partial charge >= 0.3 is 0 Å². The van der Waals surface area contributed by atoms with E-state index < -0.39 is 0 Å². The molecule has 10 aromatic rings. The molecule has 2 aliphatic heterocycles. The molecule has 308 valence electrons. The van der Waals surface area contributed by atoms with Gasteiger partial charge in [-0.1, -0.05) is 183 Å². The lowest BCUT2D eigenvalue weighted by atomic mass is 9.33. The highest BCUT2D eigenvalue weighted by Crippen LogP contribution is 2.48. The van der Waals surface area contributed by atoms with E-state index in [1.807, 2.05) is 0 Å². The molecule has 0 radical (unpaired) electrons. The molecule has 1 aliphatic carbocycles. The zero-order chi connectivity index (χ0) is 42.8. The maximum absolute atomic E-state index is 2.59. The zero-order valence-electron chi connectivity index (χ0n) is 36.4. The Labute approximate surface area is 382 Å². The predicted octanol–water partition coefficient (Wildman–Crippen LogP) is 15.1. The molecule has 0 bridgehead atoms. The summed E-state index contributed by atoms with van der Waals surface area (Å²) in [7, 11) is 0. The summed E-state index contributed by atoms with van der Waals surface area (Å²) in [6.45, 7) is 0.0366. The molecule has 10 aromatic carbocycles. The molecule has 0 atom stereocenters. The van der Waals surface area contributed by atoms with Gasteiger partial charge in [0.15, 0.2) is 0 Å². The lowest BCUT2D eigenvalue weighted by Crippen LogP contribution is -2.61. The van der Waals surface area contributed by atoms with Crippen molar-refractivity contribution in [2.45, 2.75) is 38.0 Å². The van der Waals surface area contributed by atoms with Crippen LogP contribution in [0.4, 0.5) is 34.1 Å². The average molecular weight is 831 g/mol. The van der Waals surface area contributed by atoms with Crippen LogP contribution in [0.1, 0.15) is 43.6 Å². The van der Waals surface area contributed by atoms with Gasteiger partial charge in [0.05, 0.1) is 0 Å². The van der Waals surface area contributed by atoms with Crippen LogP contribution in [-0.4, -0.2) is 6.71 Å². The maximum Gasteiger partial charge on any atom is 0.252 e. The normalized spacial score (nSPS) is 14.3. The van der Waals surface area contributed by atoms with Crippen molar-refractivity contribution >= 4 is 78.8 Å². The van der Waals surface area contributed by atoms with Gasteiger partial charge in [0, 0.05) is 34.1 Å². The van der Waals surface area contributed by atoms with Crippen molar-refractivity contribution in [2.24, 2.45) is 0 Å². The molecule has 2 heterocycles. The van der Waals surface area contributed by atoms with Crippen LogP contribution >= 0.6 is 0 Å². The van der Waals surface area contributed by atoms with Crippen LogP contribution in [0.3, 0.4) is 0 Å². The summed E-state index contributed by atoms with van der Waals surface area (Å²) in [5.74, 6) is 0.524. The summed E-state index contributed by atoms with van der Waals surface area (Å²) < 4.78 is 0. The van der Waals surface area contributed by atoms with E-state index >= 15 is 0 Å². The first-order valence-electron chi connectivity index (χ1n) is 23.5. The molecule has 1 fully saturated rings. The van der Waals surface area contributed by atoms with Gasteiger partial charge in [0.2, 0.25) is 0 Å². The van der Waals surface area contributed by atoms with Gasteiger partial charge in [-0.15, -0.1) is 0 Å². The molecule has 3 heteroatoms. The van der Waals surface area contributed by atoms with E-state index in [0.29, 0.717) is 5.92 Å². The van der Waals surface area contributed by atoms with Gasteiger partial charge in [-0.2, -0.15) is 0 Å². The van der Waals surface area contributed by atoms with Gasteiger partial charge in [-0.3, -0.25) is 0 Å². The van der Waals surface area contributed by atoms with Crippen LogP contribution in [-0.2, 0) is 0 Å². The minimum Gasteiger partial charge on any atom is -0.311 e. The number of fused-ring (bicyclic) bond motifs is 6. The number of hydrogen-bond acceptors (Lipinski definition) is 2. The van der Waals surface area contributed by atoms with E-state index in [1.54, 1.807) is 0 Å².